The third kappa shape index (κ3) is 7.72. The number of rotatable bonds is 11. The zero-order chi connectivity index (χ0) is 23.4. The molecule has 1 amide bonds. The maximum absolute atomic E-state index is 13.2. The van der Waals surface area contributed by atoms with Crippen molar-refractivity contribution in [1.82, 2.24) is 9.80 Å². The summed E-state index contributed by atoms with van der Waals surface area (Å²) in [6.07, 6.45) is 1.27. The molecule has 1 heterocycles. The van der Waals surface area contributed by atoms with Crippen LogP contribution in [0.25, 0.3) is 0 Å². The Bertz CT molecular complexity index is 1000. The fraction of sp³-hybridized carbons (Fsp3) is 0.345. The number of amides is 1. The molecule has 0 spiro atoms. The van der Waals surface area contributed by atoms with E-state index in [4.69, 9.17) is 9.47 Å². The fourth-order valence-corrected chi connectivity index (χ4v) is 4.13. The van der Waals surface area contributed by atoms with Crippen LogP contribution < -0.4 is 4.74 Å². The van der Waals surface area contributed by atoms with Gasteiger partial charge >= 0.3 is 0 Å². The molecule has 3 aromatic carbocycles. The monoisotopic (exact) mass is 458 g/mol. The first kappa shape index (κ1) is 24.0. The highest BCUT2D eigenvalue weighted by atomic mass is 16.5. The Morgan fingerprint density at radius 2 is 1.53 bits per heavy atom. The molecular formula is C29H34N2O3. The number of carbonyl (C=O) groups is 1. The summed E-state index contributed by atoms with van der Waals surface area (Å²) in [5.41, 5.74) is 3.41. The number of hydrogen-bond acceptors (Lipinski definition) is 4. The van der Waals surface area contributed by atoms with Crippen LogP contribution in [0.15, 0.2) is 84.9 Å². The van der Waals surface area contributed by atoms with Crippen LogP contribution >= 0.6 is 0 Å². The summed E-state index contributed by atoms with van der Waals surface area (Å²) in [7, 11) is 0. The molecule has 1 saturated heterocycles. The molecule has 0 aliphatic carbocycles. The van der Waals surface area contributed by atoms with E-state index in [-0.39, 0.29) is 5.91 Å². The minimum Gasteiger partial charge on any atom is -0.489 e. The van der Waals surface area contributed by atoms with E-state index in [1.807, 2.05) is 53.4 Å². The van der Waals surface area contributed by atoms with Gasteiger partial charge in [0.1, 0.15) is 12.4 Å². The quantitative estimate of drug-likeness (QED) is 0.423. The molecule has 178 valence electrons. The molecule has 0 saturated carbocycles. The van der Waals surface area contributed by atoms with Crippen molar-refractivity contribution >= 4 is 5.91 Å². The molecule has 0 aromatic heterocycles. The molecule has 0 radical (unpaired) electrons. The van der Waals surface area contributed by atoms with Crippen molar-refractivity contribution in [3.8, 4) is 5.75 Å². The van der Waals surface area contributed by atoms with E-state index in [0.717, 1.165) is 56.1 Å². The maximum Gasteiger partial charge on any atom is 0.223 e. The lowest BCUT2D eigenvalue weighted by Gasteiger charge is -2.30. The second-order valence-electron chi connectivity index (χ2n) is 8.68. The first-order valence-corrected chi connectivity index (χ1v) is 12.1. The number of carbonyl (C=O) groups excluding carboxylic acids is 1. The SMILES string of the molecule is O=C(CCc1ccccc1)N(CCN1CCOCC1)Cc1cccc(OCc2ccccc2)c1. The molecule has 0 bridgehead atoms. The topological polar surface area (TPSA) is 42.0 Å². The second kappa shape index (κ2) is 12.9. The van der Waals surface area contributed by atoms with Gasteiger partial charge in [-0.1, -0.05) is 72.8 Å². The van der Waals surface area contributed by atoms with Crippen LogP contribution in [0.4, 0.5) is 0 Å². The minimum atomic E-state index is 0.188. The zero-order valence-corrected chi connectivity index (χ0v) is 19.8. The van der Waals surface area contributed by atoms with E-state index in [9.17, 15) is 4.79 Å². The lowest BCUT2D eigenvalue weighted by molar-refractivity contribution is -0.132. The van der Waals surface area contributed by atoms with Gasteiger partial charge in [-0.2, -0.15) is 0 Å². The number of morpholine rings is 1. The molecule has 5 heteroatoms. The Morgan fingerprint density at radius 3 is 2.26 bits per heavy atom. The van der Waals surface area contributed by atoms with Crippen molar-refractivity contribution in [2.24, 2.45) is 0 Å². The molecule has 0 atom stereocenters. The number of hydrogen-bond donors (Lipinski definition) is 0. The van der Waals surface area contributed by atoms with Gasteiger partial charge in [0.15, 0.2) is 0 Å². The van der Waals surface area contributed by atoms with E-state index in [1.165, 1.54) is 5.56 Å². The largest absolute Gasteiger partial charge is 0.489 e. The van der Waals surface area contributed by atoms with E-state index < -0.39 is 0 Å². The van der Waals surface area contributed by atoms with Gasteiger partial charge in [0.25, 0.3) is 0 Å². The smallest absolute Gasteiger partial charge is 0.223 e. The van der Waals surface area contributed by atoms with Crippen molar-refractivity contribution in [3.05, 3.63) is 102 Å². The van der Waals surface area contributed by atoms with Crippen molar-refractivity contribution in [1.29, 1.82) is 0 Å². The normalized spacial score (nSPS) is 14.0. The first-order valence-electron chi connectivity index (χ1n) is 12.1. The molecule has 4 rings (SSSR count). The molecule has 0 unspecified atom stereocenters. The third-order valence-electron chi connectivity index (χ3n) is 6.13. The summed E-state index contributed by atoms with van der Waals surface area (Å²) in [6.45, 7) is 6.07. The fourth-order valence-electron chi connectivity index (χ4n) is 4.13. The lowest BCUT2D eigenvalue weighted by Crippen LogP contribution is -2.43. The van der Waals surface area contributed by atoms with Crippen molar-refractivity contribution in [2.75, 3.05) is 39.4 Å². The highest BCUT2D eigenvalue weighted by Gasteiger charge is 2.17. The molecule has 5 nitrogen and oxygen atoms in total. The van der Waals surface area contributed by atoms with Crippen LogP contribution in [0.5, 0.6) is 5.75 Å². The average molecular weight is 459 g/mol. The highest BCUT2D eigenvalue weighted by Crippen LogP contribution is 2.18. The molecule has 3 aromatic rings. The van der Waals surface area contributed by atoms with Crippen LogP contribution in [-0.4, -0.2) is 55.1 Å². The van der Waals surface area contributed by atoms with Crippen molar-refractivity contribution in [3.63, 3.8) is 0 Å². The van der Waals surface area contributed by atoms with Gasteiger partial charge in [0.2, 0.25) is 5.91 Å². The van der Waals surface area contributed by atoms with Crippen LogP contribution in [0, 0.1) is 0 Å². The summed E-state index contributed by atoms with van der Waals surface area (Å²) in [4.78, 5) is 17.6. The summed E-state index contributed by atoms with van der Waals surface area (Å²) >= 11 is 0. The number of benzene rings is 3. The summed E-state index contributed by atoms with van der Waals surface area (Å²) in [5.74, 6) is 1.01. The molecule has 1 aliphatic heterocycles. The highest BCUT2D eigenvalue weighted by molar-refractivity contribution is 5.76. The lowest BCUT2D eigenvalue weighted by atomic mass is 10.1. The summed E-state index contributed by atoms with van der Waals surface area (Å²) in [6, 6.07) is 28.5. The van der Waals surface area contributed by atoms with Gasteiger partial charge in [-0.05, 0) is 35.2 Å². The van der Waals surface area contributed by atoms with Crippen LogP contribution in [0.3, 0.4) is 0 Å². The van der Waals surface area contributed by atoms with Gasteiger partial charge in [0, 0.05) is 39.1 Å². The predicted molar refractivity (Wildman–Crippen MR) is 135 cm³/mol. The van der Waals surface area contributed by atoms with Crippen molar-refractivity contribution in [2.45, 2.75) is 26.0 Å². The number of ether oxygens (including phenoxy) is 2. The Balaban J connectivity index is 1.38. The first-order chi connectivity index (χ1) is 16.8. The molecular weight excluding hydrogens is 424 g/mol. The molecule has 34 heavy (non-hydrogen) atoms. The van der Waals surface area contributed by atoms with Crippen molar-refractivity contribution < 1.29 is 14.3 Å². The van der Waals surface area contributed by atoms with E-state index in [0.29, 0.717) is 26.1 Å². The summed E-state index contributed by atoms with van der Waals surface area (Å²) < 4.78 is 11.5. The Hall–Kier alpha value is -3.15. The number of aryl methyl sites for hydroxylation is 1. The van der Waals surface area contributed by atoms with Crippen LogP contribution in [0.2, 0.25) is 0 Å². The van der Waals surface area contributed by atoms with Gasteiger partial charge in [-0.25, -0.2) is 0 Å². The van der Waals surface area contributed by atoms with Crippen LogP contribution in [0.1, 0.15) is 23.1 Å². The maximum atomic E-state index is 13.2. The summed E-state index contributed by atoms with van der Waals surface area (Å²) in [5, 5.41) is 0. The van der Waals surface area contributed by atoms with Gasteiger partial charge in [-0.3, -0.25) is 9.69 Å². The van der Waals surface area contributed by atoms with Gasteiger partial charge in [0.05, 0.1) is 13.2 Å². The van der Waals surface area contributed by atoms with Gasteiger partial charge < -0.3 is 14.4 Å². The standard InChI is InChI=1S/C29H34N2O3/c32-29(15-14-25-8-3-1-4-9-25)31(17-16-30-18-20-33-21-19-30)23-27-12-7-13-28(22-27)34-24-26-10-5-2-6-11-26/h1-13,22H,14-21,23-24H2. The van der Waals surface area contributed by atoms with Gasteiger partial charge in [-0.15, -0.1) is 0 Å². The van der Waals surface area contributed by atoms with Crippen LogP contribution in [-0.2, 0) is 29.1 Å². The average Bonchev–Trinajstić information content (AvgIpc) is 2.90. The minimum absolute atomic E-state index is 0.188. The van der Waals surface area contributed by atoms with E-state index in [2.05, 4.69) is 41.3 Å². The second-order valence-corrected chi connectivity index (χ2v) is 8.68. The Morgan fingerprint density at radius 1 is 0.853 bits per heavy atom. The molecule has 1 aliphatic rings. The molecule has 0 N–H and O–H groups in total. The number of nitrogens with zero attached hydrogens (tertiary/aromatic N) is 2. The predicted octanol–water partition coefficient (Wildman–Crippen LogP) is 4.56. The Labute approximate surface area is 202 Å². The van der Waals surface area contributed by atoms with E-state index >= 15 is 0 Å². The Kier molecular flexibility index (Phi) is 9.12. The van der Waals surface area contributed by atoms with E-state index in [1.54, 1.807) is 0 Å². The zero-order valence-electron chi connectivity index (χ0n) is 19.8. The molecule has 1 fully saturated rings. The third-order valence-corrected chi connectivity index (χ3v) is 6.13.